The lowest BCUT2D eigenvalue weighted by atomic mass is 10.2. The van der Waals surface area contributed by atoms with Crippen LogP contribution in [0.15, 0.2) is 28.8 Å². The number of nitriles is 1. The molecular formula is C12H8N4O. The summed E-state index contributed by atoms with van der Waals surface area (Å²) in [4.78, 5) is 7.48. The fraction of sp³-hybridized carbons (Fsp3) is 0.0833. The maximum absolute atomic E-state index is 8.98. The number of aryl methyl sites for hydroxylation is 1. The predicted molar refractivity (Wildman–Crippen MR) is 61.0 cm³/mol. The summed E-state index contributed by atoms with van der Waals surface area (Å²) in [6.45, 7) is 1.82. The smallest absolute Gasteiger partial charge is 0.160 e. The third-order valence-electron chi connectivity index (χ3n) is 2.50. The molecule has 0 spiro atoms. The van der Waals surface area contributed by atoms with Crippen molar-refractivity contribution in [3.63, 3.8) is 0 Å². The van der Waals surface area contributed by atoms with Crippen LogP contribution < -0.4 is 0 Å². The van der Waals surface area contributed by atoms with Gasteiger partial charge in [0, 0.05) is 6.07 Å². The molecule has 3 aromatic rings. The Balaban J connectivity index is 2.24. The minimum absolute atomic E-state index is 0.546. The van der Waals surface area contributed by atoms with E-state index in [-0.39, 0.29) is 0 Å². The van der Waals surface area contributed by atoms with Crippen LogP contribution in [0.3, 0.4) is 0 Å². The van der Waals surface area contributed by atoms with Gasteiger partial charge in [-0.2, -0.15) is 5.26 Å². The molecule has 2 heterocycles. The zero-order chi connectivity index (χ0) is 11.8. The van der Waals surface area contributed by atoms with E-state index in [1.165, 1.54) is 0 Å². The summed E-state index contributed by atoms with van der Waals surface area (Å²) in [6, 6.07) is 9.34. The van der Waals surface area contributed by atoms with Crippen LogP contribution in [0.25, 0.3) is 22.6 Å². The monoisotopic (exact) mass is 224 g/mol. The number of imidazole rings is 1. The maximum atomic E-state index is 8.98. The first-order valence-corrected chi connectivity index (χ1v) is 5.10. The zero-order valence-corrected chi connectivity index (χ0v) is 9.06. The number of H-pyrrole nitrogens is 1. The molecule has 0 unspecified atom stereocenters. The lowest BCUT2D eigenvalue weighted by molar-refractivity contribution is 0.399. The number of fused-ring (bicyclic) bond motifs is 1. The van der Waals surface area contributed by atoms with Crippen LogP contribution in [0.1, 0.15) is 11.3 Å². The molecule has 0 atom stereocenters. The summed E-state index contributed by atoms with van der Waals surface area (Å²) in [5, 5.41) is 12.9. The van der Waals surface area contributed by atoms with Crippen LogP contribution >= 0.6 is 0 Å². The van der Waals surface area contributed by atoms with Gasteiger partial charge in [0.25, 0.3) is 0 Å². The van der Waals surface area contributed by atoms with E-state index in [0.29, 0.717) is 22.6 Å². The second-order valence-electron chi connectivity index (χ2n) is 3.72. The van der Waals surface area contributed by atoms with Crippen molar-refractivity contribution in [3.05, 3.63) is 35.6 Å². The average molecular weight is 224 g/mol. The second-order valence-corrected chi connectivity index (χ2v) is 3.72. The summed E-state index contributed by atoms with van der Waals surface area (Å²) < 4.78 is 5.00. The lowest BCUT2D eigenvalue weighted by Gasteiger charge is -1.87. The van der Waals surface area contributed by atoms with Crippen LogP contribution in [0.4, 0.5) is 0 Å². The SMILES string of the molecule is Cc1cc(-c2nc3c(C#N)cccc3[nH]2)no1. The molecule has 1 N–H and O–H groups in total. The van der Waals surface area contributed by atoms with Crippen molar-refractivity contribution in [3.8, 4) is 17.6 Å². The molecule has 3 rings (SSSR count). The number of nitrogens with one attached hydrogen (secondary N) is 1. The third-order valence-corrected chi connectivity index (χ3v) is 2.50. The first-order chi connectivity index (χ1) is 8.28. The van der Waals surface area contributed by atoms with E-state index in [0.717, 1.165) is 11.3 Å². The van der Waals surface area contributed by atoms with Crippen molar-refractivity contribution in [2.75, 3.05) is 0 Å². The largest absolute Gasteiger partial charge is 0.361 e. The molecule has 0 amide bonds. The van der Waals surface area contributed by atoms with Crippen molar-refractivity contribution in [2.24, 2.45) is 0 Å². The molecule has 82 valence electrons. The quantitative estimate of drug-likeness (QED) is 0.688. The highest BCUT2D eigenvalue weighted by atomic mass is 16.5. The predicted octanol–water partition coefficient (Wildman–Crippen LogP) is 2.40. The third kappa shape index (κ3) is 1.47. The van der Waals surface area contributed by atoms with Gasteiger partial charge in [-0.1, -0.05) is 11.2 Å². The molecule has 5 heteroatoms. The Kier molecular flexibility index (Phi) is 1.95. The molecule has 1 aromatic carbocycles. The van der Waals surface area contributed by atoms with Gasteiger partial charge in [-0.3, -0.25) is 0 Å². The van der Waals surface area contributed by atoms with Crippen molar-refractivity contribution in [2.45, 2.75) is 6.92 Å². The highest BCUT2D eigenvalue weighted by Gasteiger charge is 2.11. The summed E-state index contributed by atoms with van der Waals surface area (Å²) in [5.41, 5.74) is 2.66. The Morgan fingerprint density at radius 3 is 3.00 bits per heavy atom. The van der Waals surface area contributed by atoms with Gasteiger partial charge in [0.2, 0.25) is 0 Å². The van der Waals surface area contributed by atoms with E-state index in [1.54, 1.807) is 12.1 Å². The molecule has 0 radical (unpaired) electrons. The number of rotatable bonds is 1. The molecule has 17 heavy (non-hydrogen) atoms. The van der Waals surface area contributed by atoms with Gasteiger partial charge in [-0.25, -0.2) is 4.98 Å². The first kappa shape index (κ1) is 9.60. The Morgan fingerprint density at radius 2 is 2.29 bits per heavy atom. The molecular weight excluding hydrogens is 216 g/mol. The number of benzene rings is 1. The van der Waals surface area contributed by atoms with Gasteiger partial charge in [0.05, 0.1) is 11.1 Å². The van der Waals surface area contributed by atoms with E-state index >= 15 is 0 Å². The van der Waals surface area contributed by atoms with Crippen LogP contribution in [0.5, 0.6) is 0 Å². The number of aromatic amines is 1. The zero-order valence-electron chi connectivity index (χ0n) is 9.06. The molecule has 0 saturated carbocycles. The molecule has 0 aliphatic heterocycles. The summed E-state index contributed by atoms with van der Waals surface area (Å²) in [7, 11) is 0. The number of nitrogens with zero attached hydrogens (tertiary/aromatic N) is 3. The summed E-state index contributed by atoms with van der Waals surface area (Å²) >= 11 is 0. The topological polar surface area (TPSA) is 78.5 Å². The van der Waals surface area contributed by atoms with Crippen molar-refractivity contribution in [1.29, 1.82) is 5.26 Å². The number of para-hydroxylation sites is 1. The molecule has 0 bridgehead atoms. The minimum atomic E-state index is 0.546. The number of hydrogen-bond acceptors (Lipinski definition) is 4. The second kappa shape index (κ2) is 3.46. The Morgan fingerprint density at radius 1 is 1.41 bits per heavy atom. The van der Waals surface area contributed by atoms with Crippen LogP contribution in [0, 0.1) is 18.3 Å². The summed E-state index contributed by atoms with van der Waals surface area (Å²) in [5.74, 6) is 1.33. The van der Waals surface area contributed by atoms with Crippen molar-refractivity contribution >= 4 is 11.0 Å². The fourth-order valence-electron chi connectivity index (χ4n) is 1.72. The Hall–Kier alpha value is -2.61. The highest BCUT2D eigenvalue weighted by Crippen LogP contribution is 2.22. The average Bonchev–Trinajstić information content (AvgIpc) is 2.93. The van der Waals surface area contributed by atoms with Gasteiger partial charge < -0.3 is 9.51 Å². The molecule has 0 saturated heterocycles. The summed E-state index contributed by atoms with van der Waals surface area (Å²) in [6.07, 6.45) is 0. The van der Waals surface area contributed by atoms with Gasteiger partial charge in [-0.15, -0.1) is 0 Å². The van der Waals surface area contributed by atoms with Gasteiger partial charge in [0.15, 0.2) is 5.82 Å². The normalized spacial score (nSPS) is 10.6. The van der Waals surface area contributed by atoms with E-state index in [1.807, 2.05) is 19.1 Å². The van der Waals surface area contributed by atoms with E-state index in [2.05, 4.69) is 21.2 Å². The van der Waals surface area contributed by atoms with Crippen LogP contribution in [-0.4, -0.2) is 15.1 Å². The van der Waals surface area contributed by atoms with Gasteiger partial charge in [-0.05, 0) is 19.1 Å². The van der Waals surface area contributed by atoms with Crippen LogP contribution in [-0.2, 0) is 0 Å². The first-order valence-electron chi connectivity index (χ1n) is 5.10. The molecule has 0 aliphatic rings. The maximum Gasteiger partial charge on any atom is 0.160 e. The van der Waals surface area contributed by atoms with E-state index in [9.17, 15) is 0 Å². The van der Waals surface area contributed by atoms with E-state index in [4.69, 9.17) is 9.78 Å². The van der Waals surface area contributed by atoms with Crippen molar-refractivity contribution < 1.29 is 4.52 Å². The molecule has 5 nitrogen and oxygen atoms in total. The minimum Gasteiger partial charge on any atom is -0.361 e. The lowest BCUT2D eigenvalue weighted by Crippen LogP contribution is -1.79. The van der Waals surface area contributed by atoms with Gasteiger partial charge >= 0.3 is 0 Å². The van der Waals surface area contributed by atoms with Gasteiger partial charge in [0.1, 0.15) is 23.0 Å². The fourth-order valence-corrected chi connectivity index (χ4v) is 1.72. The van der Waals surface area contributed by atoms with E-state index < -0.39 is 0 Å². The van der Waals surface area contributed by atoms with Crippen LogP contribution in [0.2, 0.25) is 0 Å². The Labute approximate surface area is 96.7 Å². The molecule has 2 aromatic heterocycles. The molecule has 0 aliphatic carbocycles. The standard InChI is InChI=1S/C12H8N4O/c1-7-5-10(16-17-7)12-14-9-4-2-3-8(6-13)11(9)15-12/h2-5H,1H3,(H,14,15). The highest BCUT2D eigenvalue weighted by molar-refractivity contribution is 5.84. The number of hydrogen-bond donors (Lipinski definition) is 1. The Bertz CT molecular complexity index is 732. The molecule has 0 fully saturated rings. The number of aromatic nitrogens is 3. The van der Waals surface area contributed by atoms with Crippen molar-refractivity contribution in [1.82, 2.24) is 15.1 Å².